The Morgan fingerprint density at radius 3 is 2.08 bits per heavy atom. The van der Waals surface area contributed by atoms with E-state index >= 15 is 0 Å². The van der Waals surface area contributed by atoms with Gasteiger partial charge in [-0.3, -0.25) is 9.97 Å². The van der Waals surface area contributed by atoms with Crippen LogP contribution in [0.15, 0.2) is 97.6 Å². The molecule has 17 heteroatoms. The van der Waals surface area contributed by atoms with Crippen LogP contribution in [-0.2, 0) is 0 Å². The number of nitrogens with zero attached hydrogens (tertiary/aromatic N) is 6. The normalized spacial score (nSPS) is 17.6. The number of nitrogens with one attached hydrogen (secondary N) is 6. The third-order valence-electron chi connectivity index (χ3n) is 11.4. The quantitative estimate of drug-likeness (QED) is 0.0515. The number of likely N-dealkylation sites (N-methyl/N-ethyl adjacent to an activating group) is 2. The zero-order valence-corrected chi connectivity index (χ0v) is 37.4. The number of benzene rings is 2. The molecule has 340 valence electrons. The molecule has 65 heavy (non-hydrogen) atoms. The monoisotopic (exact) mass is 900 g/mol. The second-order valence-corrected chi connectivity index (χ2v) is 16.8. The van der Waals surface area contributed by atoms with Gasteiger partial charge in [-0.1, -0.05) is 23.7 Å². The van der Waals surface area contributed by atoms with Crippen LogP contribution in [0, 0.1) is 0 Å². The summed E-state index contributed by atoms with van der Waals surface area (Å²) in [6.45, 7) is 3.73. The molecule has 6 aromatic rings. The van der Waals surface area contributed by atoms with E-state index in [1.54, 1.807) is 32.6 Å². The van der Waals surface area contributed by atoms with E-state index < -0.39 is 12.2 Å². The first-order chi connectivity index (χ1) is 31.8. The minimum Gasteiger partial charge on any atom is -0.491 e. The lowest BCUT2D eigenvalue weighted by molar-refractivity contribution is 0.108. The maximum atomic E-state index is 10.3. The number of ether oxygens (including phenoxy) is 2. The highest BCUT2D eigenvalue weighted by Crippen LogP contribution is 2.36. The maximum absolute atomic E-state index is 10.3. The highest BCUT2D eigenvalue weighted by molar-refractivity contribution is 6.31. The summed E-state index contributed by atoms with van der Waals surface area (Å²) in [6.07, 6.45) is 9.48. The lowest BCUT2D eigenvalue weighted by Gasteiger charge is -2.32. The second-order valence-electron chi connectivity index (χ2n) is 16.4. The second kappa shape index (κ2) is 22.4. The number of hydrogen-bond donors (Lipinski definition) is 8. The van der Waals surface area contributed by atoms with Crippen LogP contribution >= 0.6 is 11.6 Å². The van der Waals surface area contributed by atoms with Crippen molar-refractivity contribution in [1.29, 1.82) is 0 Å². The topological polar surface area (TPSA) is 208 Å². The van der Waals surface area contributed by atoms with E-state index in [4.69, 9.17) is 41.0 Å². The molecule has 8 rings (SSSR count). The van der Waals surface area contributed by atoms with Crippen molar-refractivity contribution < 1.29 is 19.7 Å². The van der Waals surface area contributed by atoms with E-state index in [0.29, 0.717) is 52.6 Å². The summed E-state index contributed by atoms with van der Waals surface area (Å²) in [5, 5.41) is 41.6. The van der Waals surface area contributed by atoms with E-state index in [0.717, 1.165) is 84.8 Å². The van der Waals surface area contributed by atoms with Gasteiger partial charge in [0.1, 0.15) is 48.6 Å². The van der Waals surface area contributed by atoms with Crippen LogP contribution in [0.1, 0.15) is 37.3 Å². The molecule has 8 N–H and O–H groups in total. The Hall–Kier alpha value is -5.85. The average molecular weight is 902 g/mol. The molecule has 2 aromatic carbocycles. The van der Waals surface area contributed by atoms with E-state index in [2.05, 4.69) is 41.9 Å². The van der Waals surface area contributed by atoms with Crippen molar-refractivity contribution in [3.05, 3.63) is 108 Å². The van der Waals surface area contributed by atoms with Crippen molar-refractivity contribution >= 4 is 23.2 Å². The Balaban J connectivity index is 1.08. The van der Waals surface area contributed by atoms with Crippen LogP contribution in [0.5, 0.6) is 11.5 Å². The summed E-state index contributed by atoms with van der Waals surface area (Å²) < 4.78 is 11.9. The van der Waals surface area contributed by atoms with Gasteiger partial charge >= 0.3 is 0 Å². The first-order valence-electron chi connectivity index (χ1n) is 22.2. The molecular weight excluding hydrogens is 844 g/mol. The molecule has 6 heterocycles. The minimum absolute atomic E-state index is 0.0433. The molecule has 2 fully saturated rings. The number of aliphatic hydroxyl groups is 2. The van der Waals surface area contributed by atoms with Gasteiger partial charge in [-0.15, -0.1) is 0 Å². The molecule has 4 unspecified atom stereocenters. The molecule has 0 amide bonds. The van der Waals surface area contributed by atoms with E-state index in [1.165, 1.54) is 0 Å². The van der Waals surface area contributed by atoms with Crippen LogP contribution < -0.4 is 41.4 Å². The summed E-state index contributed by atoms with van der Waals surface area (Å²) in [4.78, 5) is 29.1. The van der Waals surface area contributed by atoms with E-state index in [-0.39, 0.29) is 31.3 Å². The van der Waals surface area contributed by atoms with Gasteiger partial charge in [0, 0.05) is 95.4 Å². The van der Waals surface area contributed by atoms with Crippen LogP contribution in [0.3, 0.4) is 0 Å². The average Bonchev–Trinajstić information content (AvgIpc) is 3.33. The number of anilines is 2. The van der Waals surface area contributed by atoms with Gasteiger partial charge in [-0.2, -0.15) is 0 Å². The van der Waals surface area contributed by atoms with Crippen LogP contribution in [0.4, 0.5) is 11.6 Å². The fourth-order valence-electron chi connectivity index (χ4n) is 8.17. The molecule has 4 aromatic heterocycles. The third-order valence-corrected chi connectivity index (χ3v) is 11.6. The Morgan fingerprint density at radius 1 is 0.677 bits per heavy atom. The Bertz CT molecular complexity index is 2480. The Labute approximate surface area is 384 Å². The van der Waals surface area contributed by atoms with Gasteiger partial charge in [0.25, 0.3) is 0 Å². The summed E-state index contributed by atoms with van der Waals surface area (Å²) in [6, 6.07) is 23.2. The number of aromatic nitrogens is 6. The predicted octanol–water partition coefficient (Wildman–Crippen LogP) is 5.37. The fraction of sp³-hybridized carbons (Fsp3) is 0.375. The molecule has 0 bridgehead atoms. The minimum atomic E-state index is -0.683. The molecule has 2 aliphatic rings. The number of piperidine rings is 2. The van der Waals surface area contributed by atoms with E-state index in [1.807, 2.05) is 79.1 Å². The predicted molar refractivity (Wildman–Crippen MR) is 254 cm³/mol. The van der Waals surface area contributed by atoms with Crippen LogP contribution in [0.2, 0.25) is 5.02 Å². The van der Waals surface area contributed by atoms with Crippen molar-refractivity contribution in [1.82, 2.24) is 51.2 Å². The van der Waals surface area contributed by atoms with Crippen molar-refractivity contribution in [2.45, 2.75) is 56.0 Å². The molecule has 0 saturated carbocycles. The van der Waals surface area contributed by atoms with Crippen molar-refractivity contribution in [2.75, 3.05) is 70.7 Å². The molecule has 0 spiro atoms. The summed E-state index contributed by atoms with van der Waals surface area (Å²) in [7, 11) is 3.57. The van der Waals surface area contributed by atoms with Crippen molar-refractivity contribution in [2.24, 2.45) is 0 Å². The SMILES string of the molecule is CNCC(O)COc1cc(Cl)cc(-c2nc(NC3CCNC(c4cnccc4-c4cc(NC5CCNCC5)nc(-c5cccc(OCC(O)CNC)c5)n4)C3)cc(-c3ccncc3)n2)c1. The highest BCUT2D eigenvalue weighted by Gasteiger charge is 2.27. The smallest absolute Gasteiger partial charge is 0.162 e. The molecule has 4 atom stereocenters. The molecule has 0 radical (unpaired) electrons. The van der Waals surface area contributed by atoms with Gasteiger partial charge in [-0.05, 0) is 114 Å². The molecule has 2 saturated heterocycles. The van der Waals surface area contributed by atoms with Gasteiger partial charge < -0.3 is 51.6 Å². The summed E-state index contributed by atoms with van der Waals surface area (Å²) in [5.41, 5.74) is 5.86. The first kappa shape index (κ1) is 45.7. The Kier molecular flexibility index (Phi) is 15.7. The van der Waals surface area contributed by atoms with Crippen molar-refractivity contribution in [3.63, 3.8) is 0 Å². The highest BCUT2D eigenvalue weighted by atomic mass is 35.5. The number of aliphatic hydroxyl groups excluding tert-OH is 2. The van der Waals surface area contributed by atoms with Crippen LogP contribution in [-0.4, -0.2) is 124 Å². The van der Waals surface area contributed by atoms with Gasteiger partial charge in [-0.25, -0.2) is 19.9 Å². The van der Waals surface area contributed by atoms with Gasteiger partial charge in [0.2, 0.25) is 0 Å². The van der Waals surface area contributed by atoms with Crippen LogP contribution in [0.25, 0.3) is 45.3 Å². The number of halogens is 1. The largest absolute Gasteiger partial charge is 0.491 e. The lowest BCUT2D eigenvalue weighted by atomic mass is 9.91. The molecular formula is C48H57ClN12O4. The van der Waals surface area contributed by atoms with Gasteiger partial charge in [0.05, 0.1) is 11.4 Å². The maximum Gasteiger partial charge on any atom is 0.162 e. The zero-order chi connectivity index (χ0) is 45.0. The standard InChI is InChI=1S/C48H57ClN12O4/c1-50-25-36(62)28-64-38-5-3-4-31(19-38)47-59-44(24-46(60-47)56-34-8-14-53-15-9-34)40-11-16-54-27-41(40)43-22-35(10-17-55-43)57-45-23-42(30-6-12-52-13-7-30)58-48(61-45)32-18-33(49)21-39(20-32)65-29-37(63)26-51-2/h3-7,11-13,16,18-21,23-24,27,34-37,43,50-51,53,55,62-63H,8-10,14-15,17,22,25-26,28-29H2,1-2H3,(H,56,59,60)(H,57,58,61). The summed E-state index contributed by atoms with van der Waals surface area (Å²) in [5.74, 6) is 3.59. The third kappa shape index (κ3) is 12.5. The van der Waals surface area contributed by atoms with Gasteiger partial charge in [0.15, 0.2) is 11.6 Å². The summed E-state index contributed by atoms with van der Waals surface area (Å²) >= 11 is 6.61. The fourth-order valence-corrected chi connectivity index (χ4v) is 8.40. The zero-order valence-electron chi connectivity index (χ0n) is 36.7. The van der Waals surface area contributed by atoms with E-state index in [9.17, 15) is 10.2 Å². The number of pyridine rings is 2. The molecule has 16 nitrogen and oxygen atoms in total. The first-order valence-corrected chi connectivity index (χ1v) is 22.6. The Morgan fingerprint density at radius 2 is 1.32 bits per heavy atom. The van der Waals surface area contributed by atoms with Crippen molar-refractivity contribution in [3.8, 4) is 56.8 Å². The number of hydrogen-bond acceptors (Lipinski definition) is 16. The lowest BCUT2D eigenvalue weighted by Crippen LogP contribution is -2.38. The molecule has 0 aliphatic carbocycles. The molecule has 2 aliphatic heterocycles. The number of rotatable bonds is 19.